The summed E-state index contributed by atoms with van der Waals surface area (Å²) in [4.78, 5) is 14.9. The van der Waals surface area contributed by atoms with E-state index in [-0.39, 0.29) is 30.7 Å². The molecule has 0 spiro atoms. The van der Waals surface area contributed by atoms with Crippen LogP contribution in [0, 0.1) is 5.92 Å². The summed E-state index contributed by atoms with van der Waals surface area (Å²) >= 11 is 1.56. The van der Waals surface area contributed by atoms with Crippen molar-refractivity contribution < 1.29 is 13.2 Å². The fourth-order valence-corrected chi connectivity index (χ4v) is 5.29. The lowest BCUT2D eigenvalue weighted by atomic mass is 10.2. The molecule has 3 heterocycles. The Labute approximate surface area is 139 Å². The Hall–Kier alpha value is -1.67. The molecule has 0 saturated carbocycles. The fourth-order valence-electron chi connectivity index (χ4n) is 2.58. The number of hydrogen-bond donors (Lipinski definition) is 1. The largest absolute Gasteiger partial charge is 0.335 e. The Morgan fingerprint density at radius 3 is 2.83 bits per heavy atom. The van der Waals surface area contributed by atoms with Gasteiger partial charge in [0, 0.05) is 13.1 Å². The second-order valence-electron chi connectivity index (χ2n) is 6.20. The summed E-state index contributed by atoms with van der Waals surface area (Å²) in [5, 5.41) is 8.42. The van der Waals surface area contributed by atoms with Gasteiger partial charge in [0.25, 0.3) is 5.91 Å². The summed E-state index contributed by atoms with van der Waals surface area (Å²) in [6.45, 7) is 4.29. The summed E-state index contributed by atoms with van der Waals surface area (Å²) in [6, 6.07) is 5.59. The Bertz CT molecular complexity index is 788. The molecule has 6 nitrogen and oxygen atoms in total. The number of amides is 1. The van der Waals surface area contributed by atoms with Crippen LogP contribution in [0.15, 0.2) is 23.6 Å². The van der Waals surface area contributed by atoms with Crippen LogP contribution in [0.1, 0.15) is 24.3 Å². The van der Waals surface area contributed by atoms with Crippen molar-refractivity contribution >= 4 is 27.1 Å². The van der Waals surface area contributed by atoms with Gasteiger partial charge in [-0.2, -0.15) is 5.10 Å². The average Bonchev–Trinajstić information content (AvgIpc) is 3.06. The molecule has 2 aromatic heterocycles. The molecule has 3 rings (SSSR count). The first-order valence-electron chi connectivity index (χ1n) is 7.47. The van der Waals surface area contributed by atoms with E-state index in [2.05, 4.69) is 10.2 Å². The Balaban J connectivity index is 1.63. The van der Waals surface area contributed by atoms with Crippen LogP contribution in [0.4, 0.5) is 0 Å². The van der Waals surface area contributed by atoms with Crippen LogP contribution in [0.3, 0.4) is 0 Å². The van der Waals surface area contributed by atoms with Gasteiger partial charge < -0.3 is 4.90 Å². The van der Waals surface area contributed by atoms with Crippen molar-refractivity contribution in [3.8, 4) is 10.6 Å². The van der Waals surface area contributed by atoms with Crippen LogP contribution in [0.2, 0.25) is 0 Å². The van der Waals surface area contributed by atoms with E-state index >= 15 is 0 Å². The third-order valence-electron chi connectivity index (χ3n) is 3.79. The van der Waals surface area contributed by atoms with E-state index in [1.54, 1.807) is 17.4 Å². The maximum Gasteiger partial charge on any atom is 0.274 e. The van der Waals surface area contributed by atoms with Crippen molar-refractivity contribution in [3.05, 3.63) is 29.3 Å². The number of sulfone groups is 1. The van der Waals surface area contributed by atoms with Crippen LogP contribution in [0.25, 0.3) is 10.6 Å². The number of likely N-dealkylation sites (tertiary alicyclic amines) is 1. The van der Waals surface area contributed by atoms with Gasteiger partial charge in [-0.15, -0.1) is 11.3 Å². The highest BCUT2D eigenvalue weighted by molar-refractivity contribution is 7.92. The molecular weight excluding hydrogens is 334 g/mol. The molecule has 1 aliphatic heterocycles. The van der Waals surface area contributed by atoms with Crippen molar-refractivity contribution in [1.82, 2.24) is 15.1 Å². The Morgan fingerprint density at radius 1 is 1.48 bits per heavy atom. The topological polar surface area (TPSA) is 83.1 Å². The van der Waals surface area contributed by atoms with Crippen LogP contribution >= 0.6 is 11.3 Å². The first kappa shape index (κ1) is 16.2. The molecule has 1 aliphatic rings. The highest BCUT2D eigenvalue weighted by Gasteiger charge is 2.40. The number of carbonyl (C=O) groups excluding carboxylic acids is 1. The molecule has 0 aliphatic carbocycles. The van der Waals surface area contributed by atoms with E-state index in [9.17, 15) is 13.2 Å². The summed E-state index contributed by atoms with van der Waals surface area (Å²) < 4.78 is 24.3. The lowest BCUT2D eigenvalue weighted by Gasteiger charge is -2.38. The van der Waals surface area contributed by atoms with E-state index in [1.807, 2.05) is 31.4 Å². The van der Waals surface area contributed by atoms with Crippen LogP contribution in [-0.4, -0.2) is 53.5 Å². The van der Waals surface area contributed by atoms with Crippen LogP contribution in [-0.2, 0) is 9.84 Å². The molecule has 2 aromatic rings. The van der Waals surface area contributed by atoms with E-state index in [0.29, 0.717) is 5.69 Å². The molecule has 0 bridgehead atoms. The van der Waals surface area contributed by atoms with Gasteiger partial charge in [-0.25, -0.2) is 8.42 Å². The van der Waals surface area contributed by atoms with Gasteiger partial charge in [0.15, 0.2) is 15.5 Å². The molecule has 0 aromatic carbocycles. The van der Waals surface area contributed by atoms with E-state index in [0.717, 1.165) is 10.6 Å². The summed E-state index contributed by atoms with van der Waals surface area (Å²) in [6.07, 6.45) is 0. The molecule has 0 radical (unpaired) electrons. The zero-order valence-electron chi connectivity index (χ0n) is 13.0. The van der Waals surface area contributed by atoms with E-state index in [1.165, 1.54) is 4.90 Å². The van der Waals surface area contributed by atoms with Crippen LogP contribution in [0.5, 0.6) is 0 Å². The fraction of sp³-hybridized carbons (Fsp3) is 0.467. The number of aromatic amines is 1. The van der Waals surface area contributed by atoms with Gasteiger partial charge in [0.1, 0.15) is 0 Å². The second kappa shape index (κ2) is 6.09. The Kier molecular flexibility index (Phi) is 4.29. The number of nitrogens with zero attached hydrogens (tertiary/aromatic N) is 2. The molecule has 1 N–H and O–H groups in total. The molecule has 1 amide bonds. The third-order valence-corrected chi connectivity index (χ3v) is 7.14. The minimum atomic E-state index is -3.12. The predicted molar refractivity (Wildman–Crippen MR) is 90.2 cm³/mol. The molecule has 1 saturated heterocycles. The first-order chi connectivity index (χ1) is 10.9. The lowest BCUT2D eigenvalue weighted by Crippen LogP contribution is -2.57. The van der Waals surface area contributed by atoms with Gasteiger partial charge in [0.05, 0.1) is 21.6 Å². The smallest absolute Gasteiger partial charge is 0.274 e. The monoisotopic (exact) mass is 353 g/mol. The minimum Gasteiger partial charge on any atom is -0.335 e. The predicted octanol–water partition coefficient (Wildman–Crippen LogP) is 2.03. The highest BCUT2D eigenvalue weighted by atomic mass is 32.2. The van der Waals surface area contributed by atoms with Crippen molar-refractivity contribution in [1.29, 1.82) is 0 Å². The average molecular weight is 353 g/mol. The van der Waals surface area contributed by atoms with Crippen molar-refractivity contribution in [2.24, 2.45) is 5.92 Å². The lowest BCUT2D eigenvalue weighted by molar-refractivity contribution is 0.0652. The number of hydrogen-bond acceptors (Lipinski definition) is 5. The number of nitrogens with one attached hydrogen (secondary N) is 1. The van der Waals surface area contributed by atoms with Crippen LogP contribution < -0.4 is 0 Å². The number of carbonyl (C=O) groups is 1. The summed E-state index contributed by atoms with van der Waals surface area (Å²) in [5.74, 6) is 0.0504. The van der Waals surface area contributed by atoms with Gasteiger partial charge in [-0.3, -0.25) is 9.89 Å². The summed E-state index contributed by atoms with van der Waals surface area (Å²) in [7, 11) is -3.12. The Morgan fingerprint density at radius 2 is 2.22 bits per heavy atom. The normalized spacial score (nSPS) is 15.9. The van der Waals surface area contributed by atoms with Gasteiger partial charge >= 0.3 is 0 Å². The molecule has 23 heavy (non-hydrogen) atoms. The zero-order valence-corrected chi connectivity index (χ0v) is 14.7. The molecule has 8 heteroatoms. The van der Waals surface area contributed by atoms with E-state index < -0.39 is 15.1 Å². The number of aromatic nitrogens is 2. The third kappa shape index (κ3) is 3.32. The number of thiophene rings is 1. The maximum atomic E-state index is 12.4. The van der Waals surface area contributed by atoms with Gasteiger partial charge in [0.2, 0.25) is 0 Å². The molecule has 0 unspecified atom stereocenters. The van der Waals surface area contributed by atoms with Crippen molar-refractivity contribution in [2.45, 2.75) is 19.1 Å². The number of rotatable bonds is 5. The quantitative estimate of drug-likeness (QED) is 0.891. The molecular formula is C15H19N3O3S2. The molecule has 1 fully saturated rings. The highest BCUT2D eigenvalue weighted by Crippen LogP contribution is 2.25. The second-order valence-corrected chi connectivity index (χ2v) is 9.47. The maximum absolute atomic E-state index is 12.4. The SMILES string of the molecule is CC(C)CS(=O)(=O)C1CN(C(=O)c2cc(-c3cccs3)[nH]n2)C1. The van der Waals surface area contributed by atoms with Crippen molar-refractivity contribution in [2.75, 3.05) is 18.8 Å². The summed E-state index contributed by atoms with van der Waals surface area (Å²) in [5.41, 5.74) is 1.13. The van der Waals surface area contributed by atoms with Gasteiger partial charge in [-0.1, -0.05) is 19.9 Å². The van der Waals surface area contributed by atoms with Crippen molar-refractivity contribution in [3.63, 3.8) is 0 Å². The molecule has 0 atom stereocenters. The first-order valence-corrected chi connectivity index (χ1v) is 10.1. The standard InChI is InChI=1S/C15H19N3O3S2/c1-10(2)9-23(20,21)11-7-18(8-11)15(19)13-6-12(16-17-13)14-4-3-5-22-14/h3-6,10-11H,7-9H2,1-2H3,(H,16,17). The van der Waals surface area contributed by atoms with Gasteiger partial charge in [-0.05, 0) is 23.4 Å². The number of H-pyrrole nitrogens is 1. The molecule has 124 valence electrons. The minimum absolute atomic E-state index is 0.101. The van der Waals surface area contributed by atoms with E-state index in [4.69, 9.17) is 0 Å². The zero-order chi connectivity index (χ0) is 16.6.